The van der Waals surface area contributed by atoms with Crippen LogP contribution in [-0.2, 0) is 4.79 Å². The Hall–Kier alpha value is -2.15. The number of thiophene rings is 1. The summed E-state index contributed by atoms with van der Waals surface area (Å²) in [5.74, 6) is 0.427. The molecule has 1 saturated heterocycles. The van der Waals surface area contributed by atoms with Gasteiger partial charge in [0.05, 0.1) is 10.6 Å². The standard InChI is InChI=1S/C19H24N4O2S/c24-18(14-5-2-1-3-6-14)22-8-10-23(11-9-22)19(25)16-13-15(20-21-16)17-7-4-12-26-17/h4,7,12-14H,1-3,5-6,8-11H2,(H,20,21). The van der Waals surface area contributed by atoms with Crippen molar-refractivity contribution in [2.75, 3.05) is 26.2 Å². The summed E-state index contributed by atoms with van der Waals surface area (Å²) < 4.78 is 0. The molecule has 138 valence electrons. The van der Waals surface area contributed by atoms with E-state index < -0.39 is 0 Å². The third-order valence-electron chi connectivity index (χ3n) is 5.42. The Morgan fingerprint density at radius 3 is 2.50 bits per heavy atom. The molecule has 3 heterocycles. The molecule has 2 aliphatic rings. The van der Waals surface area contributed by atoms with Crippen LogP contribution in [0.25, 0.3) is 10.6 Å². The van der Waals surface area contributed by atoms with E-state index in [-0.39, 0.29) is 17.7 Å². The minimum atomic E-state index is -0.0613. The number of hydrogen-bond acceptors (Lipinski definition) is 4. The summed E-state index contributed by atoms with van der Waals surface area (Å²) in [6.45, 7) is 2.42. The molecule has 2 aromatic heterocycles. The van der Waals surface area contributed by atoms with Crippen LogP contribution in [0.3, 0.4) is 0 Å². The first-order valence-corrected chi connectivity index (χ1v) is 10.3. The van der Waals surface area contributed by atoms with Crippen LogP contribution in [0.1, 0.15) is 42.6 Å². The molecule has 7 heteroatoms. The van der Waals surface area contributed by atoms with Gasteiger partial charge < -0.3 is 9.80 Å². The van der Waals surface area contributed by atoms with Crippen molar-refractivity contribution in [3.63, 3.8) is 0 Å². The van der Waals surface area contributed by atoms with Crippen LogP contribution in [0.4, 0.5) is 0 Å². The summed E-state index contributed by atoms with van der Waals surface area (Å²) in [6.07, 6.45) is 5.64. The van der Waals surface area contributed by atoms with Crippen LogP contribution >= 0.6 is 11.3 Å². The molecule has 0 aromatic carbocycles. The van der Waals surface area contributed by atoms with E-state index in [0.29, 0.717) is 31.9 Å². The lowest BCUT2D eigenvalue weighted by molar-refractivity contribution is -0.138. The maximum Gasteiger partial charge on any atom is 0.274 e. The van der Waals surface area contributed by atoms with E-state index in [1.54, 1.807) is 16.2 Å². The van der Waals surface area contributed by atoms with Crippen molar-refractivity contribution in [3.05, 3.63) is 29.3 Å². The van der Waals surface area contributed by atoms with Crippen molar-refractivity contribution < 1.29 is 9.59 Å². The van der Waals surface area contributed by atoms with Gasteiger partial charge in [0.25, 0.3) is 5.91 Å². The maximum absolute atomic E-state index is 12.7. The molecule has 0 unspecified atom stereocenters. The highest BCUT2D eigenvalue weighted by Gasteiger charge is 2.30. The Labute approximate surface area is 157 Å². The predicted molar refractivity (Wildman–Crippen MR) is 101 cm³/mol. The van der Waals surface area contributed by atoms with E-state index in [0.717, 1.165) is 23.4 Å². The molecule has 1 N–H and O–H groups in total. The van der Waals surface area contributed by atoms with Gasteiger partial charge in [-0.15, -0.1) is 11.3 Å². The number of aromatic nitrogens is 2. The Kier molecular flexibility index (Phi) is 5.06. The van der Waals surface area contributed by atoms with Gasteiger partial charge >= 0.3 is 0 Å². The van der Waals surface area contributed by atoms with Crippen molar-refractivity contribution >= 4 is 23.2 Å². The predicted octanol–water partition coefficient (Wildman–Crippen LogP) is 3.00. The van der Waals surface area contributed by atoms with Gasteiger partial charge in [-0.05, 0) is 30.4 Å². The monoisotopic (exact) mass is 372 g/mol. The fraction of sp³-hybridized carbons (Fsp3) is 0.526. The fourth-order valence-corrected chi connectivity index (χ4v) is 4.58. The molecule has 2 aromatic rings. The highest BCUT2D eigenvalue weighted by Crippen LogP contribution is 2.26. The van der Waals surface area contributed by atoms with E-state index >= 15 is 0 Å². The molecular formula is C19H24N4O2S. The summed E-state index contributed by atoms with van der Waals surface area (Å²) >= 11 is 1.61. The van der Waals surface area contributed by atoms with Crippen LogP contribution in [-0.4, -0.2) is 58.0 Å². The summed E-state index contributed by atoms with van der Waals surface area (Å²) in [7, 11) is 0. The van der Waals surface area contributed by atoms with Crippen molar-refractivity contribution in [1.29, 1.82) is 0 Å². The Morgan fingerprint density at radius 1 is 1.08 bits per heavy atom. The minimum Gasteiger partial charge on any atom is -0.339 e. The maximum atomic E-state index is 12.7. The first-order valence-electron chi connectivity index (χ1n) is 9.40. The second kappa shape index (κ2) is 7.61. The highest BCUT2D eigenvalue weighted by atomic mass is 32.1. The molecule has 1 aliphatic carbocycles. The van der Waals surface area contributed by atoms with Crippen molar-refractivity contribution in [2.45, 2.75) is 32.1 Å². The van der Waals surface area contributed by atoms with Crippen LogP contribution < -0.4 is 0 Å². The number of carbonyl (C=O) groups is 2. The number of piperazine rings is 1. The molecule has 0 bridgehead atoms. The van der Waals surface area contributed by atoms with E-state index in [4.69, 9.17) is 0 Å². The number of carbonyl (C=O) groups excluding carboxylic acids is 2. The van der Waals surface area contributed by atoms with E-state index in [1.165, 1.54) is 19.3 Å². The van der Waals surface area contributed by atoms with Gasteiger partial charge in [-0.3, -0.25) is 14.7 Å². The molecule has 6 nitrogen and oxygen atoms in total. The SMILES string of the molecule is O=C(c1cc(-c2cccs2)[nH]n1)N1CCN(C(=O)C2CCCCC2)CC1. The third kappa shape index (κ3) is 3.53. The number of H-pyrrole nitrogens is 1. The quantitative estimate of drug-likeness (QED) is 0.900. The van der Waals surface area contributed by atoms with Gasteiger partial charge in [-0.25, -0.2) is 0 Å². The molecule has 0 atom stereocenters. The smallest absolute Gasteiger partial charge is 0.274 e. The number of rotatable bonds is 3. The third-order valence-corrected chi connectivity index (χ3v) is 6.32. The number of aromatic amines is 1. The van der Waals surface area contributed by atoms with Gasteiger partial charge in [0.15, 0.2) is 5.69 Å². The zero-order valence-electron chi connectivity index (χ0n) is 14.8. The summed E-state index contributed by atoms with van der Waals surface area (Å²) in [6, 6.07) is 5.79. The van der Waals surface area contributed by atoms with Crippen molar-refractivity contribution in [2.24, 2.45) is 5.92 Å². The molecule has 4 rings (SSSR count). The van der Waals surface area contributed by atoms with Crippen LogP contribution in [0.2, 0.25) is 0 Å². The van der Waals surface area contributed by atoms with Gasteiger partial charge in [-0.2, -0.15) is 5.10 Å². The Morgan fingerprint density at radius 2 is 1.81 bits per heavy atom. The summed E-state index contributed by atoms with van der Waals surface area (Å²) in [5, 5.41) is 9.13. The van der Waals surface area contributed by atoms with Crippen LogP contribution in [0, 0.1) is 5.92 Å². The van der Waals surface area contributed by atoms with Gasteiger partial charge in [0, 0.05) is 32.1 Å². The van der Waals surface area contributed by atoms with Crippen molar-refractivity contribution in [3.8, 4) is 10.6 Å². The van der Waals surface area contributed by atoms with Gasteiger partial charge in [0.2, 0.25) is 5.91 Å². The zero-order valence-corrected chi connectivity index (χ0v) is 15.6. The van der Waals surface area contributed by atoms with E-state index in [1.807, 2.05) is 28.5 Å². The molecule has 26 heavy (non-hydrogen) atoms. The molecule has 1 saturated carbocycles. The zero-order chi connectivity index (χ0) is 17.9. The Balaban J connectivity index is 1.34. The first kappa shape index (κ1) is 17.3. The average Bonchev–Trinajstić information content (AvgIpc) is 3.39. The van der Waals surface area contributed by atoms with Gasteiger partial charge in [0.1, 0.15) is 0 Å². The molecule has 0 radical (unpaired) electrons. The normalized spacial score (nSPS) is 18.9. The van der Waals surface area contributed by atoms with E-state index in [9.17, 15) is 9.59 Å². The number of hydrogen-bond donors (Lipinski definition) is 1. The molecule has 2 amide bonds. The number of amides is 2. The molecule has 2 fully saturated rings. The minimum absolute atomic E-state index is 0.0613. The average molecular weight is 372 g/mol. The molecule has 1 aliphatic heterocycles. The second-order valence-electron chi connectivity index (χ2n) is 7.10. The molecular weight excluding hydrogens is 348 g/mol. The topological polar surface area (TPSA) is 69.3 Å². The highest BCUT2D eigenvalue weighted by molar-refractivity contribution is 7.13. The lowest BCUT2D eigenvalue weighted by Crippen LogP contribution is -2.52. The lowest BCUT2D eigenvalue weighted by Gasteiger charge is -2.36. The van der Waals surface area contributed by atoms with Crippen molar-refractivity contribution in [1.82, 2.24) is 20.0 Å². The number of nitrogens with zero attached hydrogens (tertiary/aromatic N) is 3. The van der Waals surface area contributed by atoms with E-state index in [2.05, 4.69) is 10.2 Å². The second-order valence-corrected chi connectivity index (χ2v) is 8.04. The van der Waals surface area contributed by atoms with Crippen LogP contribution in [0.15, 0.2) is 23.6 Å². The van der Waals surface area contributed by atoms with Gasteiger partial charge in [-0.1, -0.05) is 25.3 Å². The summed E-state index contributed by atoms with van der Waals surface area (Å²) in [4.78, 5) is 30.2. The Bertz CT molecular complexity index is 756. The lowest BCUT2D eigenvalue weighted by atomic mass is 9.88. The largest absolute Gasteiger partial charge is 0.339 e. The fourth-order valence-electron chi connectivity index (χ4n) is 3.89. The first-order chi connectivity index (χ1) is 12.7. The number of nitrogens with one attached hydrogen (secondary N) is 1. The molecule has 0 spiro atoms. The summed E-state index contributed by atoms with van der Waals surface area (Å²) in [5.41, 5.74) is 1.31. The van der Waals surface area contributed by atoms with Crippen LogP contribution in [0.5, 0.6) is 0 Å².